The smallest absolute Gasteiger partial charge is 0.328 e. The summed E-state index contributed by atoms with van der Waals surface area (Å²) in [6, 6.07) is 0. The number of alkyl halides is 2. The molecule has 0 saturated carbocycles. The molecule has 4 heterocycles. The van der Waals surface area contributed by atoms with Crippen LogP contribution in [0, 0.1) is 0 Å². The lowest BCUT2D eigenvalue weighted by molar-refractivity contribution is 0.327. The molecule has 2 atom stereocenters. The van der Waals surface area contributed by atoms with Crippen molar-refractivity contribution in [3.05, 3.63) is 54.3 Å². The summed E-state index contributed by atoms with van der Waals surface area (Å²) in [7, 11) is 6.63. The zero-order valence-corrected chi connectivity index (χ0v) is 23.9. The number of hydrogen-bond donors (Lipinski definition) is 0. The van der Waals surface area contributed by atoms with E-state index in [1.165, 1.54) is 44.8 Å². The fourth-order valence-corrected chi connectivity index (χ4v) is 4.58. The van der Waals surface area contributed by atoms with Crippen LogP contribution in [-0.4, -0.2) is 49.7 Å². The molecule has 0 fully saturated rings. The van der Waals surface area contributed by atoms with Gasteiger partial charge in [0.25, 0.3) is 11.1 Å². The van der Waals surface area contributed by atoms with Crippen molar-refractivity contribution in [2.45, 2.75) is 77.8 Å². The largest absolute Gasteiger partial charge is 0.332 e. The Kier molecular flexibility index (Phi) is 9.98. The van der Waals surface area contributed by atoms with E-state index < -0.39 is 12.3 Å². The van der Waals surface area contributed by atoms with Crippen LogP contribution in [-0.2, 0) is 41.3 Å². The Morgan fingerprint density at radius 1 is 0.650 bits per heavy atom. The molecule has 0 N–H and O–H groups in total. The molecule has 4 rings (SSSR count). The van der Waals surface area contributed by atoms with Gasteiger partial charge in [0.05, 0.1) is 25.0 Å². The van der Waals surface area contributed by atoms with Gasteiger partial charge < -0.3 is 9.13 Å². The molecule has 0 aromatic carbocycles. The number of aryl methyl sites for hydroxylation is 4. The minimum atomic E-state index is -0.853. The standard InChI is InChI=1S/2C13H19FN4O2/c2*1-9(14)6-4-5-7-18-12(19)10-11(15-8-16(10)2)17(3)13(18)20/h2*8-9H,4-7H2,1-3H3/t2*9-/m10/s1. The summed E-state index contributed by atoms with van der Waals surface area (Å²) in [6.07, 6.45) is 4.73. The van der Waals surface area contributed by atoms with Crippen molar-refractivity contribution in [3.8, 4) is 0 Å². The SMILES string of the molecule is C[C@@H](F)CCCCn1c(=O)c2c(ncn2C)n(C)c1=O.C[C@H](F)CCCCn1c(=O)c2c(ncn2C)n(C)c1=O. The maximum Gasteiger partial charge on any atom is 0.332 e. The summed E-state index contributed by atoms with van der Waals surface area (Å²) in [5.41, 5.74) is 0.154. The van der Waals surface area contributed by atoms with Crippen LogP contribution >= 0.6 is 0 Å². The topological polar surface area (TPSA) is 124 Å². The van der Waals surface area contributed by atoms with E-state index in [9.17, 15) is 28.0 Å². The van der Waals surface area contributed by atoms with E-state index in [1.54, 1.807) is 37.3 Å². The normalized spacial score (nSPS) is 13.0. The van der Waals surface area contributed by atoms with Crippen LogP contribution in [0.3, 0.4) is 0 Å². The number of hydrogen-bond acceptors (Lipinski definition) is 6. The minimum absolute atomic E-state index is 0.305. The highest BCUT2D eigenvalue weighted by molar-refractivity contribution is 5.70. The van der Waals surface area contributed by atoms with Gasteiger partial charge in [-0.25, -0.2) is 28.3 Å². The molecule has 40 heavy (non-hydrogen) atoms. The number of halogens is 2. The Bertz CT molecular complexity index is 1580. The summed E-state index contributed by atoms with van der Waals surface area (Å²) < 4.78 is 33.8. The summed E-state index contributed by atoms with van der Waals surface area (Å²) in [5, 5.41) is 0. The van der Waals surface area contributed by atoms with Crippen molar-refractivity contribution < 1.29 is 8.78 Å². The van der Waals surface area contributed by atoms with Gasteiger partial charge in [-0.05, 0) is 52.4 Å². The Hall–Kier alpha value is -3.84. The maximum absolute atomic E-state index is 12.7. The molecule has 0 radical (unpaired) electrons. The number of imidazole rings is 2. The van der Waals surface area contributed by atoms with E-state index in [0.29, 0.717) is 73.9 Å². The summed E-state index contributed by atoms with van der Waals surface area (Å²) in [4.78, 5) is 57.1. The quantitative estimate of drug-likeness (QED) is 0.271. The molecule has 0 saturated heterocycles. The fourth-order valence-electron chi connectivity index (χ4n) is 4.58. The van der Waals surface area contributed by atoms with E-state index >= 15 is 0 Å². The Balaban J connectivity index is 0.000000220. The van der Waals surface area contributed by atoms with Gasteiger partial charge in [-0.15, -0.1) is 0 Å². The molecule has 4 aromatic heterocycles. The first-order valence-electron chi connectivity index (χ1n) is 13.4. The van der Waals surface area contributed by atoms with Crippen molar-refractivity contribution in [2.24, 2.45) is 28.2 Å². The van der Waals surface area contributed by atoms with E-state index in [1.807, 2.05) is 0 Å². The average Bonchev–Trinajstić information content (AvgIpc) is 3.48. The highest BCUT2D eigenvalue weighted by Gasteiger charge is 2.15. The molecule has 0 bridgehead atoms. The third-order valence-electron chi connectivity index (χ3n) is 6.87. The Morgan fingerprint density at radius 3 is 1.32 bits per heavy atom. The molecule has 12 nitrogen and oxygen atoms in total. The molecule has 0 spiro atoms. The first-order valence-corrected chi connectivity index (χ1v) is 13.4. The molecule has 220 valence electrons. The van der Waals surface area contributed by atoms with Crippen molar-refractivity contribution in [1.29, 1.82) is 0 Å². The summed E-state index contributed by atoms with van der Waals surface area (Å²) in [5.74, 6) is 0. The molecular weight excluding hydrogens is 526 g/mol. The van der Waals surface area contributed by atoms with Gasteiger partial charge in [0, 0.05) is 41.3 Å². The number of rotatable bonds is 10. The summed E-state index contributed by atoms with van der Waals surface area (Å²) in [6.45, 7) is 3.62. The number of unbranched alkanes of at least 4 members (excludes halogenated alkanes) is 2. The third-order valence-corrected chi connectivity index (χ3v) is 6.87. The highest BCUT2D eigenvalue weighted by Crippen LogP contribution is 2.07. The summed E-state index contributed by atoms with van der Waals surface area (Å²) >= 11 is 0. The molecule has 0 aliphatic rings. The van der Waals surface area contributed by atoms with Gasteiger partial charge in [-0.2, -0.15) is 0 Å². The van der Waals surface area contributed by atoms with Crippen LogP contribution in [0.5, 0.6) is 0 Å². The predicted molar refractivity (Wildman–Crippen MR) is 149 cm³/mol. The second-order valence-electron chi connectivity index (χ2n) is 10.2. The third kappa shape index (κ3) is 6.48. The van der Waals surface area contributed by atoms with Crippen LogP contribution in [0.4, 0.5) is 8.78 Å². The van der Waals surface area contributed by atoms with E-state index in [4.69, 9.17) is 0 Å². The van der Waals surface area contributed by atoms with Gasteiger partial charge in [0.1, 0.15) is 0 Å². The lowest BCUT2D eigenvalue weighted by atomic mass is 10.2. The van der Waals surface area contributed by atoms with E-state index in [-0.39, 0.29) is 22.5 Å². The second-order valence-corrected chi connectivity index (χ2v) is 10.2. The first-order chi connectivity index (χ1) is 18.9. The van der Waals surface area contributed by atoms with Crippen molar-refractivity contribution in [2.75, 3.05) is 0 Å². The lowest BCUT2D eigenvalue weighted by Crippen LogP contribution is -2.39. The zero-order chi connectivity index (χ0) is 29.7. The van der Waals surface area contributed by atoms with Gasteiger partial charge in [-0.3, -0.25) is 27.9 Å². The van der Waals surface area contributed by atoms with E-state index in [0.717, 1.165) is 0 Å². The molecule has 0 unspecified atom stereocenters. The van der Waals surface area contributed by atoms with Crippen molar-refractivity contribution in [3.63, 3.8) is 0 Å². The fraction of sp³-hybridized carbons (Fsp3) is 0.615. The predicted octanol–water partition coefficient (Wildman–Crippen LogP) is 1.92. The average molecular weight is 565 g/mol. The van der Waals surface area contributed by atoms with Crippen molar-refractivity contribution in [1.82, 2.24) is 37.4 Å². The Labute approximate surface area is 229 Å². The van der Waals surface area contributed by atoms with Crippen LogP contribution in [0.25, 0.3) is 22.3 Å². The molecule has 0 aliphatic heterocycles. The van der Waals surface area contributed by atoms with Gasteiger partial charge in [0.2, 0.25) is 0 Å². The lowest BCUT2D eigenvalue weighted by Gasteiger charge is -2.08. The zero-order valence-electron chi connectivity index (χ0n) is 23.9. The van der Waals surface area contributed by atoms with Crippen LogP contribution in [0.2, 0.25) is 0 Å². The molecule has 0 amide bonds. The molecule has 0 aliphatic carbocycles. The number of fused-ring (bicyclic) bond motifs is 2. The Morgan fingerprint density at radius 2 is 1.00 bits per heavy atom. The van der Waals surface area contributed by atoms with Gasteiger partial charge in [0.15, 0.2) is 22.3 Å². The van der Waals surface area contributed by atoms with Crippen LogP contribution < -0.4 is 22.5 Å². The molecule has 14 heteroatoms. The highest BCUT2D eigenvalue weighted by atomic mass is 19.1. The molecular formula is C26H38F2N8O4. The van der Waals surface area contributed by atoms with Crippen LogP contribution in [0.1, 0.15) is 52.4 Å². The van der Waals surface area contributed by atoms with Gasteiger partial charge in [-0.1, -0.05) is 0 Å². The second kappa shape index (κ2) is 13.0. The minimum Gasteiger partial charge on any atom is -0.328 e. The van der Waals surface area contributed by atoms with Crippen LogP contribution in [0.15, 0.2) is 31.8 Å². The number of nitrogens with zero attached hydrogens (tertiary/aromatic N) is 8. The van der Waals surface area contributed by atoms with Crippen molar-refractivity contribution >= 4 is 22.3 Å². The van der Waals surface area contributed by atoms with E-state index in [2.05, 4.69) is 9.97 Å². The molecule has 4 aromatic rings. The van der Waals surface area contributed by atoms with Gasteiger partial charge >= 0.3 is 11.4 Å². The first kappa shape index (κ1) is 30.7. The number of aromatic nitrogens is 8. The maximum atomic E-state index is 12.7. The monoisotopic (exact) mass is 564 g/mol.